The van der Waals surface area contributed by atoms with E-state index in [0.29, 0.717) is 23.6 Å². The normalized spacial score (nSPS) is 23.5. The molecule has 2 fully saturated rings. The monoisotopic (exact) mass is 466 g/mol. The van der Waals surface area contributed by atoms with Gasteiger partial charge in [0, 0.05) is 43.2 Å². The Kier molecular flexibility index (Phi) is 5.85. The van der Waals surface area contributed by atoms with Crippen molar-refractivity contribution in [3.8, 4) is 5.75 Å². The third-order valence-corrected chi connectivity index (χ3v) is 8.55. The molecular weight excluding hydrogens is 432 g/mol. The number of aldehydes is 1. The molecular formula is C31H34N2O2. The van der Waals surface area contributed by atoms with Crippen LogP contribution in [0.3, 0.4) is 0 Å². The van der Waals surface area contributed by atoms with Gasteiger partial charge in [-0.1, -0.05) is 48.5 Å². The van der Waals surface area contributed by atoms with Crippen LogP contribution in [0.15, 0.2) is 72.8 Å². The van der Waals surface area contributed by atoms with Gasteiger partial charge < -0.3 is 14.8 Å². The van der Waals surface area contributed by atoms with Crippen LogP contribution in [0.1, 0.15) is 53.4 Å². The number of aryl methyl sites for hydroxylation is 1. The van der Waals surface area contributed by atoms with Crippen LogP contribution in [-0.4, -0.2) is 49.0 Å². The number of piperidine rings is 1. The van der Waals surface area contributed by atoms with E-state index in [1.54, 1.807) is 0 Å². The second-order valence-corrected chi connectivity index (χ2v) is 10.9. The minimum atomic E-state index is 0.284. The van der Waals surface area contributed by atoms with E-state index in [0.717, 1.165) is 45.3 Å². The Labute approximate surface area is 208 Å². The van der Waals surface area contributed by atoms with Crippen molar-refractivity contribution < 1.29 is 9.90 Å². The Hall–Kier alpha value is -3.11. The fourth-order valence-corrected chi connectivity index (χ4v) is 6.99. The highest BCUT2D eigenvalue weighted by atomic mass is 16.3. The predicted octanol–water partition coefficient (Wildman–Crippen LogP) is 5.36. The number of benzene rings is 3. The van der Waals surface area contributed by atoms with E-state index >= 15 is 0 Å². The van der Waals surface area contributed by atoms with E-state index in [2.05, 4.69) is 70.5 Å². The lowest BCUT2D eigenvalue weighted by atomic mass is 9.69. The number of phenols is 1. The van der Waals surface area contributed by atoms with E-state index < -0.39 is 0 Å². The van der Waals surface area contributed by atoms with Gasteiger partial charge in [0.05, 0.1) is 6.54 Å². The molecule has 3 aromatic carbocycles. The van der Waals surface area contributed by atoms with E-state index in [1.807, 2.05) is 12.1 Å². The summed E-state index contributed by atoms with van der Waals surface area (Å²) in [6.45, 7) is 4.85. The van der Waals surface area contributed by atoms with Crippen LogP contribution >= 0.6 is 0 Å². The quantitative estimate of drug-likeness (QED) is 0.515. The molecule has 4 heteroatoms. The van der Waals surface area contributed by atoms with Crippen molar-refractivity contribution in [1.82, 2.24) is 4.90 Å². The molecule has 1 N–H and O–H groups in total. The van der Waals surface area contributed by atoms with Crippen molar-refractivity contribution in [3.63, 3.8) is 0 Å². The van der Waals surface area contributed by atoms with Crippen molar-refractivity contribution >= 4 is 12.0 Å². The summed E-state index contributed by atoms with van der Waals surface area (Å²) >= 11 is 0. The minimum Gasteiger partial charge on any atom is -0.508 e. The predicted molar refractivity (Wildman–Crippen MR) is 140 cm³/mol. The Bertz CT molecular complexity index is 1180. The molecule has 0 saturated carbocycles. The highest BCUT2D eigenvalue weighted by Crippen LogP contribution is 2.47. The first-order chi connectivity index (χ1) is 17.1. The Morgan fingerprint density at radius 2 is 1.74 bits per heavy atom. The number of aromatic hydroxyl groups is 1. The first kappa shape index (κ1) is 22.4. The van der Waals surface area contributed by atoms with Gasteiger partial charge in [-0.2, -0.15) is 0 Å². The maximum absolute atomic E-state index is 10.9. The van der Waals surface area contributed by atoms with Gasteiger partial charge in [-0.15, -0.1) is 0 Å². The average Bonchev–Trinajstić information content (AvgIpc) is 2.88. The number of hydrogen-bond acceptors (Lipinski definition) is 4. The van der Waals surface area contributed by atoms with Gasteiger partial charge in [0.15, 0.2) is 0 Å². The van der Waals surface area contributed by atoms with E-state index in [-0.39, 0.29) is 5.92 Å². The van der Waals surface area contributed by atoms with Crippen LogP contribution in [0, 0.1) is 5.41 Å². The lowest BCUT2D eigenvalue weighted by Crippen LogP contribution is -2.63. The molecule has 0 radical (unpaired) electrons. The summed E-state index contributed by atoms with van der Waals surface area (Å²) in [5, 5.41) is 10.1. The molecule has 3 aliphatic rings. The van der Waals surface area contributed by atoms with Crippen LogP contribution in [0.25, 0.3) is 0 Å². The Balaban J connectivity index is 1.27. The molecule has 2 atom stereocenters. The van der Waals surface area contributed by atoms with Gasteiger partial charge in [0.25, 0.3) is 0 Å². The standard InChI is InChI=1S/C31H34N2O2/c34-18-17-32-20-31(21-32)15-4-16-33(22-31)26-10-7-24(8-11-26)30-28(23-5-2-1-3-6-23)13-9-25-19-27(35)12-14-29(25)30/h1-3,5-8,10-12,14,18-19,28,30,35H,4,9,13,15-17,20-22H2/t28?,30-/m1/s1. The molecule has 0 bridgehead atoms. The first-order valence-electron chi connectivity index (χ1n) is 13.0. The molecule has 1 unspecified atom stereocenters. The Morgan fingerprint density at radius 3 is 2.51 bits per heavy atom. The molecule has 0 aromatic heterocycles. The van der Waals surface area contributed by atoms with Crippen LogP contribution in [-0.2, 0) is 11.2 Å². The maximum atomic E-state index is 10.9. The number of carbonyl (C=O) groups excluding carboxylic acids is 1. The van der Waals surface area contributed by atoms with Crippen molar-refractivity contribution in [1.29, 1.82) is 0 Å². The van der Waals surface area contributed by atoms with Gasteiger partial charge >= 0.3 is 0 Å². The molecule has 0 amide bonds. The summed E-state index contributed by atoms with van der Waals surface area (Å²) in [6, 6.07) is 26.1. The first-order valence-corrected chi connectivity index (χ1v) is 13.0. The molecule has 1 spiro atoms. The Morgan fingerprint density at radius 1 is 0.943 bits per heavy atom. The van der Waals surface area contributed by atoms with E-state index in [9.17, 15) is 9.90 Å². The van der Waals surface area contributed by atoms with Gasteiger partial charge in [-0.25, -0.2) is 0 Å². The fraction of sp³-hybridized carbons (Fsp3) is 0.387. The number of likely N-dealkylation sites (tertiary alicyclic amines) is 1. The molecule has 35 heavy (non-hydrogen) atoms. The zero-order valence-corrected chi connectivity index (χ0v) is 20.3. The number of rotatable bonds is 5. The topological polar surface area (TPSA) is 43.8 Å². The van der Waals surface area contributed by atoms with Crippen LogP contribution in [0.2, 0.25) is 0 Å². The molecule has 2 heterocycles. The number of fused-ring (bicyclic) bond motifs is 1. The molecule has 6 rings (SSSR count). The SMILES string of the molecule is O=CCN1CC2(CCCN(c3ccc([C@H]4c5ccc(O)cc5CCC4c4ccccc4)cc3)C2)C1. The summed E-state index contributed by atoms with van der Waals surface area (Å²) in [7, 11) is 0. The van der Waals surface area contributed by atoms with Crippen molar-refractivity contribution in [2.24, 2.45) is 5.41 Å². The lowest BCUT2D eigenvalue weighted by Gasteiger charge is -2.54. The third-order valence-electron chi connectivity index (χ3n) is 8.55. The van der Waals surface area contributed by atoms with Crippen molar-refractivity contribution in [2.75, 3.05) is 37.6 Å². The molecule has 4 nitrogen and oxygen atoms in total. The van der Waals surface area contributed by atoms with Gasteiger partial charge in [-0.05, 0) is 78.1 Å². The number of carbonyl (C=O) groups is 1. The van der Waals surface area contributed by atoms with Gasteiger partial charge in [-0.3, -0.25) is 4.90 Å². The van der Waals surface area contributed by atoms with E-state index in [4.69, 9.17) is 0 Å². The number of phenolic OH excluding ortho intramolecular Hbond substituents is 1. The molecule has 180 valence electrons. The number of hydrogen-bond donors (Lipinski definition) is 1. The van der Waals surface area contributed by atoms with Crippen LogP contribution < -0.4 is 4.90 Å². The summed E-state index contributed by atoms with van der Waals surface area (Å²) in [6.07, 6.45) is 5.58. The molecule has 2 saturated heterocycles. The number of nitrogens with zero attached hydrogens (tertiary/aromatic N) is 2. The minimum absolute atomic E-state index is 0.284. The molecule has 1 aliphatic carbocycles. The van der Waals surface area contributed by atoms with Crippen molar-refractivity contribution in [3.05, 3.63) is 95.1 Å². The van der Waals surface area contributed by atoms with Gasteiger partial charge in [0.2, 0.25) is 0 Å². The average molecular weight is 467 g/mol. The zero-order chi connectivity index (χ0) is 23.8. The second-order valence-electron chi connectivity index (χ2n) is 10.9. The second kappa shape index (κ2) is 9.16. The van der Waals surface area contributed by atoms with Gasteiger partial charge in [0.1, 0.15) is 12.0 Å². The highest BCUT2D eigenvalue weighted by Gasteiger charge is 2.45. The summed E-state index contributed by atoms with van der Waals surface area (Å²) in [4.78, 5) is 15.7. The van der Waals surface area contributed by atoms with E-state index in [1.165, 1.54) is 40.8 Å². The molecule has 2 aliphatic heterocycles. The summed E-state index contributed by atoms with van der Waals surface area (Å²) in [5.41, 5.74) is 7.01. The fourth-order valence-electron chi connectivity index (χ4n) is 6.99. The largest absolute Gasteiger partial charge is 0.508 e. The molecule has 3 aromatic rings. The summed E-state index contributed by atoms with van der Waals surface area (Å²) < 4.78 is 0. The lowest BCUT2D eigenvalue weighted by molar-refractivity contribution is -0.112. The summed E-state index contributed by atoms with van der Waals surface area (Å²) in [5.74, 6) is 1.07. The maximum Gasteiger partial charge on any atom is 0.133 e. The number of anilines is 1. The zero-order valence-electron chi connectivity index (χ0n) is 20.3. The smallest absolute Gasteiger partial charge is 0.133 e. The van der Waals surface area contributed by atoms with Crippen LogP contribution in [0.5, 0.6) is 5.75 Å². The highest BCUT2D eigenvalue weighted by molar-refractivity contribution is 5.54. The third kappa shape index (κ3) is 4.25. The van der Waals surface area contributed by atoms with Crippen molar-refractivity contribution in [2.45, 2.75) is 37.5 Å². The van der Waals surface area contributed by atoms with Crippen LogP contribution in [0.4, 0.5) is 5.69 Å².